The SMILES string of the molecule is CC1(C)OB(c2ccc3c(c2)CCCCN3c2ccc(C(F)(F)F)cc2)OC1(C)C.NC(=O)c1cccc(-c2ccc3c(c2)CCCCN3c2ccc(C(F)(F)F)cc2)n1.NC(=O)c1cccc(Br)n1. The topological polar surface area (TPSA) is 137 Å². The number of alkyl halides is 6. The molecule has 2 amide bonds. The van der Waals surface area contributed by atoms with Gasteiger partial charge in [0.25, 0.3) is 11.8 Å². The Balaban J connectivity index is 0.000000173. The maximum Gasteiger partial charge on any atom is 0.494 e. The largest absolute Gasteiger partial charge is 0.494 e. The molecule has 4 aromatic carbocycles. The van der Waals surface area contributed by atoms with E-state index >= 15 is 0 Å². The smallest absolute Gasteiger partial charge is 0.399 e. The summed E-state index contributed by atoms with van der Waals surface area (Å²) in [6.07, 6.45) is -3.00. The predicted octanol–water partition coefficient (Wildman–Crippen LogP) is 11.8. The van der Waals surface area contributed by atoms with Crippen LogP contribution in [0.1, 0.15) is 96.6 Å². The number of hydrogen-bond donors (Lipinski definition) is 2. The van der Waals surface area contributed by atoms with Crippen LogP contribution in [0.4, 0.5) is 49.1 Å². The summed E-state index contributed by atoms with van der Waals surface area (Å²) >= 11 is 3.11. The van der Waals surface area contributed by atoms with Crippen molar-refractivity contribution in [2.45, 2.75) is 89.8 Å². The number of halogens is 7. The highest BCUT2D eigenvalue weighted by molar-refractivity contribution is 9.10. The van der Waals surface area contributed by atoms with Crippen LogP contribution in [-0.2, 0) is 34.5 Å². The highest BCUT2D eigenvalue weighted by Gasteiger charge is 2.52. The number of fused-ring (bicyclic) bond motifs is 2. The number of amides is 2. The van der Waals surface area contributed by atoms with Crippen LogP contribution in [0.25, 0.3) is 11.3 Å². The predicted molar refractivity (Wildman–Crippen MR) is 264 cm³/mol. The van der Waals surface area contributed by atoms with E-state index in [0.29, 0.717) is 10.3 Å². The Bertz CT molecular complexity index is 2810. The van der Waals surface area contributed by atoms with E-state index in [4.69, 9.17) is 20.8 Å². The van der Waals surface area contributed by atoms with Gasteiger partial charge in [0.05, 0.1) is 28.0 Å². The van der Waals surface area contributed by atoms with E-state index < -0.39 is 53.6 Å². The molecular formula is C52H52BBrF6N6O4. The number of rotatable bonds is 6. The van der Waals surface area contributed by atoms with Crippen LogP contribution in [0.2, 0.25) is 0 Å². The number of aryl methyl sites for hydroxylation is 2. The van der Waals surface area contributed by atoms with Crippen LogP contribution in [-0.4, -0.2) is 53.2 Å². The molecule has 9 rings (SSSR count). The molecule has 1 fully saturated rings. The van der Waals surface area contributed by atoms with Gasteiger partial charge >= 0.3 is 19.5 Å². The molecule has 1 saturated heterocycles. The second-order valence-corrected chi connectivity index (χ2v) is 18.9. The lowest BCUT2D eigenvalue weighted by Gasteiger charge is -2.32. The van der Waals surface area contributed by atoms with Crippen LogP contribution >= 0.6 is 15.9 Å². The van der Waals surface area contributed by atoms with E-state index in [1.165, 1.54) is 17.7 Å². The second-order valence-electron chi connectivity index (χ2n) is 18.1. The average Bonchev–Trinajstić information content (AvgIpc) is 3.52. The quantitative estimate of drug-likeness (QED) is 0.0956. The molecule has 0 radical (unpaired) electrons. The third-order valence-electron chi connectivity index (χ3n) is 12.7. The summed E-state index contributed by atoms with van der Waals surface area (Å²) < 4.78 is 90.5. The van der Waals surface area contributed by atoms with Crippen LogP contribution in [0.15, 0.2) is 126 Å². The van der Waals surface area contributed by atoms with E-state index in [1.54, 1.807) is 42.5 Å². The van der Waals surface area contributed by atoms with E-state index in [2.05, 4.69) is 41.8 Å². The number of carbonyl (C=O) groups is 2. The number of primary amides is 2. The lowest BCUT2D eigenvalue weighted by Crippen LogP contribution is -2.41. The van der Waals surface area contributed by atoms with Crippen LogP contribution in [0, 0.1) is 0 Å². The maximum atomic E-state index is 12.9. The number of nitrogens with two attached hydrogens (primary N) is 2. The molecule has 3 aliphatic heterocycles. The molecule has 4 N–H and O–H groups in total. The fraction of sp³-hybridized carbons (Fsp3) is 0.308. The molecule has 0 aliphatic carbocycles. The van der Waals surface area contributed by atoms with Crippen molar-refractivity contribution in [1.29, 1.82) is 0 Å². The molecule has 0 unspecified atom stereocenters. The summed E-state index contributed by atoms with van der Waals surface area (Å²) in [6, 6.07) is 32.9. The maximum absolute atomic E-state index is 12.9. The van der Waals surface area contributed by atoms with Gasteiger partial charge in [0, 0.05) is 41.4 Å². The van der Waals surface area contributed by atoms with Crippen LogP contribution in [0.5, 0.6) is 0 Å². The summed E-state index contributed by atoms with van der Waals surface area (Å²) in [5.41, 5.74) is 16.9. The third-order valence-corrected chi connectivity index (χ3v) is 13.2. The Hall–Kier alpha value is -6.24. The van der Waals surface area contributed by atoms with Gasteiger partial charge in [-0.2, -0.15) is 26.3 Å². The Labute approximate surface area is 411 Å². The Morgan fingerprint density at radius 1 is 0.600 bits per heavy atom. The minimum atomic E-state index is -4.35. The second kappa shape index (κ2) is 21.0. The van der Waals surface area contributed by atoms with E-state index in [-0.39, 0.29) is 11.4 Å². The molecule has 3 aliphatic rings. The number of nitrogens with zero attached hydrogens (tertiary/aromatic N) is 4. The van der Waals surface area contributed by atoms with Crippen molar-refractivity contribution in [2.24, 2.45) is 11.5 Å². The monoisotopic (exact) mass is 1030 g/mol. The zero-order chi connectivity index (χ0) is 50.6. The lowest BCUT2D eigenvalue weighted by atomic mass is 9.78. The van der Waals surface area contributed by atoms with Crippen molar-refractivity contribution in [2.75, 3.05) is 22.9 Å². The zero-order valence-corrected chi connectivity index (χ0v) is 40.6. The molecule has 0 saturated carbocycles. The Morgan fingerprint density at radius 2 is 1.06 bits per heavy atom. The summed E-state index contributed by atoms with van der Waals surface area (Å²) in [6.45, 7) is 9.62. The number of pyridine rings is 2. The van der Waals surface area contributed by atoms with Gasteiger partial charge < -0.3 is 30.6 Å². The Morgan fingerprint density at radius 3 is 1.51 bits per heavy atom. The minimum absolute atomic E-state index is 0.203. The van der Waals surface area contributed by atoms with E-state index in [0.717, 1.165) is 115 Å². The van der Waals surface area contributed by atoms with Gasteiger partial charge in [-0.3, -0.25) is 9.59 Å². The van der Waals surface area contributed by atoms with Crippen molar-refractivity contribution < 1.29 is 45.2 Å². The fourth-order valence-electron chi connectivity index (χ4n) is 8.29. The Kier molecular flexibility index (Phi) is 15.5. The summed E-state index contributed by atoms with van der Waals surface area (Å²) in [4.78, 5) is 34.2. The van der Waals surface area contributed by atoms with Gasteiger partial charge in [-0.15, -0.1) is 0 Å². The van der Waals surface area contributed by atoms with E-state index in [1.807, 2.05) is 64.1 Å². The van der Waals surface area contributed by atoms with Crippen molar-refractivity contribution in [1.82, 2.24) is 9.97 Å². The highest BCUT2D eigenvalue weighted by atomic mass is 79.9. The van der Waals surface area contributed by atoms with Crippen molar-refractivity contribution >= 4 is 63.1 Å². The summed E-state index contributed by atoms with van der Waals surface area (Å²) in [7, 11) is -0.428. The molecular weight excluding hydrogens is 977 g/mol. The first-order valence-electron chi connectivity index (χ1n) is 22.7. The highest BCUT2D eigenvalue weighted by Crippen LogP contribution is 2.40. The molecule has 0 atom stereocenters. The molecule has 70 heavy (non-hydrogen) atoms. The van der Waals surface area contributed by atoms with Gasteiger partial charge in [0.15, 0.2) is 0 Å². The lowest BCUT2D eigenvalue weighted by molar-refractivity contribution is -0.138. The van der Waals surface area contributed by atoms with Crippen molar-refractivity contribution in [3.8, 4) is 11.3 Å². The molecule has 5 heterocycles. The normalized spacial score (nSPS) is 16.3. The summed E-state index contributed by atoms with van der Waals surface area (Å²) in [5, 5.41) is 0. The molecule has 2 aromatic heterocycles. The molecule has 18 heteroatoms. The third kappa shape index (κ3) is 12.2. The van der Waals surface area contributed by atoms with Gasteiger partial charge in [0.2, 0.25) is 0 Å². The van der Waals surface area contributed by atoms with Crippen LogP contribution in [0.3, 0.4) is 0 Å². The van der Waals surface area contributed by atoms with Crippen LogP contribution < -0.4 is 26.7 Å². The van der Waals surface area contributed by atoms with Gasteiger partial charge in [-0.25, -0.2) is 9.97 Å². The van der Waals surface area contributed by atoms with Gasteiger partial charge in [-0.1, -0.05) is 30.3 Å². The number of aromatic nitrogens is 2. The standard InChI is InChI=1S/C23H27BF3NO2.C23H20F3N3O.C6H5BrN2O/c1-21(2)22(3,4)30-24(29-21)18-10-13-20-16(15-18)7-5-6-14-28(20)19-11-8-17(9-12-19)23(25,26)27;24-23(25,26)17-8-10-18(11-9-17)29-13-2-1-4-16-14-15(7-12-21(16)29)19-5-3-6-20(28-19)22(27)30;7-5-3-1-2-4(9-5)6(8)10/h8-13,15H,5-7,14H2,1-4H3;3,5-12,14H,1-2,4,13H2,(H2,27,30);1-3H,(H2,8,10). The number of benzene rings is 4. The first-order valence-corrected chi connectivity index (χ1v) is 23.5. The van der Waals surface area contributed by atoms with Gasteiger partial charge in [-0.05, 0) is 190 Å². The molecule has 6 aromatic rings. The van der Waals surface area contributed by atoms with Crippen molar-refractivity contribution in [3.05, 3.63) is 160 Å². The number of hydrogen-bond acceptors (Lipinski definition) is 8. The number of anilines is 4. The molecule has 0 spiro atoms. The minimum Gasteiger partial charge on any atom is -0.399 e. The molecule has 10 nitrogen and oxygen atoms in total. The average molecular weight is 1030 g/mol. The van der Waals surface area contributed by atoms with Crippen molar-refractivity contribution in [3.63, 3.8) is 0 Å². The van der Waals surface area contributed by atoms with Gasteiger partial charge in [0.1, 0.15) is 16.0 Å². The first kappa shape index (κ1) is 51.6. The fourth-order valence-corrected chi connectivity index (χ4v) is 8.63. The number of carbonyl (C=O) groups excluding carboxylic acids is 2. The first-order chi connectivity index (χ1) is 33.0. The molecule has 0 bridgehead atoms. The summed E-state index contributed by atoms with van der Waals surface area (Å²) in [5.74, 6) is -1.10. The van der Waals surface area contributed by atoms with E-state index in [9.17, 15) is 35.9 Å². The molecule has 366 valence electrons. The zero-order valence-electron chi connectivity index (χ0n) is 39.0.